The van der Waals surface area contributed by atoms with Crippen LogP contribution in [-0.2, 0) is 11.3 Å². The number of ether oxygens (including phenoxy) is 3. The van der Waals surface area contributed by atoms with Crippen molar-refractivity contribution in [2.24, 2.45) is 0 Å². The fourth-order valence-corrected chi connectivity index (χ4v) is 2.52. The topological polar surface area (TPSA) is 80.6 Å². The van der Waals surface area contributed by atoms with Crippen LogP contribution in [0.25, 0.3) is 0 Å². The Morgan fingerprint density at radius 1 is 1.32 bits per heavy atom. The van der Waals surface area contributed by atoms with Gasteiger partial charge in [-0.05, 0) is 42.8 Å². The predicted octanol–water partition coefficient (Wildman–Crippen LogP) is 3.02. The summed E-state index contributed by atoms with van der Waals surface area (Å²) in [6.45, 7) is 2.18. The molecule has 6 nitrogen and oxygen atoms in total. The molecule has 0 saturated heterocycles. The van der Waals surface area contributed by atoms with Crippen molar-refractivity contribution in [1.82, 2.24) is 5.32 Å². The van der Waals surface area contributed by atoms with Crippen LogP contribution in [0.3, 0.4) is 0 Å². The second-order valence-electron chi connectivity index (χ2n) is 5.42. The van der Waals surface area contributed by atoms with Gasteiger partial charge in [0.15, 0.2) is 17.6 Å². The standard InChI is InChI=1S/C18H15ClN2O4/c1-11(25-15-4-2-12(8-20)6-14(15)19)18(22)21-9-13-3-5-16-17(7-13)24-10-23-16/h2-7,11H,9-10H2,1H3,(H,21,22)/t11-/m1/s1. The first-order chi connectivity index (χ1) is 12.1. The quantitative estimate of drug-likeness (QED) is 0.888. The highest BCUT2D eigenvalue weighted by atomic mass is 35.5. The van der Waals surface area contributed by atoms with Gasteiger partial charge in [-0.3, -0.25) is 4.79 Å². The maximum absolute atomic E-state index is 12.2. The summed E-state index contributed by atoms with van der Waals surface area (Å²) < 4.78 is 16.1. The zero-order valence-corrected chi connectivity index (χ0v) is 14.2. The second kappa shape index (κ2) is 7.32. The summed E-state index contributed by atoms with van der Waals surface area (Å²) in [5, 5.41) is 11.9. The molecule has 2 aromatic rings. The van der Waals surface area contributed by atoms with E-state index in [1.807, 2.05) is 18.2 Å². The van der Waals surface area contributed by atoms with Crippen LogP contribution in [0.5, 0.6) is 17.2 Å². The van der Waals surface area contributed by atoms with E-state index in [0.29, 0.717) is 29.4 Å². The Bertz CT molecular complexity index is 847. The highest BCUT2D eigenvalue weighted by molar-refractivity contribution is 6.32. The van der Waals surface area contributed by atoms with Gasteiger partial charge in [0.2, 0.25) is 6.79 Å². The molecule has 1 aliphatic rings. The number of fused-ring (bicyclic) bond motifs is 1. The van der Waals surface area contributed by atoms with E-state index in [-0.39, 0.29) is 17.7 Å². The number of carbonyl (C=O) groups excluding carboxylic acids is 1. The van der Waals surface area contributed by atoms with Crippen LogP contribution in [0, 0.1) is 11.3 Å². The molecule has 7 heteroatoms. The largest absolute Gasteiger partial charge is 0.479 e. The molecule has 1 heterocycles. The lowest BCUT2D eigenvalue weighted by molar-refractivity contribution is -0.127. The molecule has 3 rings (SSSR count). The molecule has 1 amide bonds. The third kappa shape index (κ3) is 3.95. The van der Waals surface area contributed by atoms with Crippen LogP contribution in [0.15, 0.2) is 36.4 Å². The Labute approximate surface area is 149 Å². The molecule has 1 aliphatic heterocycles. The van der Waals surface area contributed by atoms with Gasteiger partial charge in [-0.2, -0.15) is 5.26 Å². The van der Waals surface area contributed by atoms with E-state index in [9.17, 15) is 4.79 Å². The summed E-state index contributed by atoms with van der Waals surface area (Å²) >= 11 is 6.05. The van der Waals surface area contributed by atoms with Crippen molar-refractivity contribution in [3.05, 3.63) is 52.5 Å². The van der Waals surface area contributed by atoms with Gasteiger partial charge >= 0.3 is 0 Å². The van der Waals surface area contributed by atoms with E-state index in [4.69, 9.17) is 31.1 Å². The maximum atomic E-state index is 12.2. The van der Waals surface area contributed by atoms with Crippen molar-refractivity contribution >= 4 is 17.5 Å². The molecule has 2 aromatic carbocycles. The number of hydrogen-bond donors (Lipinski definition) is 1. The molecule has 1 atom stereocenters. The molecule has 0 fully saturated rings. The Hall–Kier alpha value is -2.91. The molecule has 0 aromatic heterocycles. The number of benzene rings is 2. The monoisotopic (exact) mass is 358 g/mol. The number of nitrogens with zero attached hydrogens (tertiary/aromatic N) is 1. The number of amides is 1. The number of carbonyl (C=O) groups is 1. The Morgan fingerprint density at radius 3 is 2.88 bits per heavy atom. The third-order valence-electron chi connectivity index (χ3n) is 3.64. The lowest BCUT2D eigenvalue weighted by Gasteiger charge is -2.16. The summed E-state index contributed by atoms with van der Waals surface area (Å²) in [7, 11) is 0. The first-order valence-electron chi connectivity index (χ1n) is 7.59. The van der Waals surface area contributed by atoms with Crippen LogP contribution < -0.4 is 19.5 Å². The number of nitriles is 1. The van der Waals surface area contributed by atoms with E-state index >= 15 is 0 Å². The van der Waals surface area contributed by atoms with Crippen molar-refractivity contribution < 1.29 is 19.0 Å². The Kier molecular flexibility index (Phi) is 4.96. The molecule has 1 N–H and O–H groups in total. The molecule has 0 saturated carbocycles. The fraction of sp³-hybridized carbons (Fsp3) is 0.222. The van der Waals surface area contributed by atoms with Gasteiger partial charge in [-0.15, -0.1) is 0 Å². The lowest BCUT2D eigenvalue weighted by atomic mass is 10.2. The van der Waals surface area contributed by atoms with Crippen LogP contribution in [-0.4, -0.2) is 18.8 Å². The SMILES string of the molecule is C[C@@H](Oc1ccc(C#N)cc1Cl)C(=O)NCc1ccc2c(c1)OCO2. The molecule has 0 radical (unpaired) electrons. The van der Waals surface area contributed by atoms with E-state index in [1.165, 1.54) is 6.07 Å². The fourth-order valence-electron chi connectivity index (χ4n) is 2.29. The van der Waals surface area contributed by atoms with Crippen molar-refractivity contribution in [3.63, 3.8) is 0 Å². The molecule has 25 heavy (non-hydrogen) atoms. The van der Waals surface area contributed by atoms with Gasteiger partial charge in [0.25, 0.3) is 5.91 Å². The van der Waals surface area contributed by atoms with E-state index in [0.717, 1.165) is 5.56 Å². The van der Waals surface area contributed by atoms with Gasteiger partial charge in [0.1, 0.15) is 5.75 Å². The van der Waals surface area contributed by atoms with E-state index in [2.05, 4.69) is 5.32 Å². The number of hydrogen-bond acceptors (Lipinski definition) is 5. The second-order valence-corrected chi connectivity index (χ2v) is 5.83. The zero-order valence-electron chi connectivity index (χ0n) is 13.4. The minimum atomic E-state index is -0.737. The number of nitrogens with one attached hydrogen (secondary N) is 1. The Balaban J connectivity index is 1.57. The molecular weight excluding hydrogens is 344 g/mol. The summed E-state index contributed by atoms with van der Waals surface area (Å²) in [4.78, 5) is 12.2. The highest BCUT2D eigenvalue weighted by Gasteiger charge is 2.17. The van der Waals surface area contributed by atoms with Crippen molar-refractivity contribution in [2.75, 3.05) is 6.79 Å². The zero-order chi connectivity index (χ0) is 17.8. The van der Waals surface area contributed by atoms with Crippen LogP contribution in [0.4, 0.5) is 0 Å². The van der Waals surface area contributed by atoms with Gasteiger partial charge in [0.05, 0.1) is 16.7 Å². The minimum Gasteiger partial charge on any atom is -0.479 e. The summed E-state index contributed by atoms with van der Waals surface area (Å²) in [6, 6.07) is 12.1. The van der Waals surface area contributed by atoms with Crippen molar-refractivity contribution in [3.8, 4) is 23.3 Å². The van der Waals surface area contributed by atoms with Crippen molar-refractivity contribution in [2.45, 2.75) is 19.6 Å². The van der Waals surface area contributed by atoms with E-state index in [1.54, 1.807) is 25.1 Å². The van der Waals surface area contributed by atoms with Gasteiger partial charge in [0, 0.05) is 6.54 Å². The molecule has 0 aliphatic carbocycles. The molecule has 0 spiro atoms. The predicted molar refractivity (Wildman–Crippen MR) is 90.7 cm³/mol. The average Bonchev–Trinajstić information content (AvgIpc) is 3.08. The minimum absolute atomic E-state index is 0.210. The molecular formula is C18H15ClN2O4. The normalized spacial score (nSPS) is 13.0. The summed E-state index contributed by atoms with van der Waals surface area (Å²) in [5.41, 5.74) is 1.32. The van der Waals surface area contributed by atoms with Gasteiger partial charge in [-0.1, -0.05) is 17.7 Å². The number of halogens is 1. The first kappa shape index (κ1) is 16.9. The smallest absolute Gasteiger partial charge is 0.261 e. The molecule has 128 valence electrons. The van der Waals surface area contributed by atoms with Crippen molar-refractivity contribution in [1.29, 1.82) is 5.26 Å². The maximum Gasteiger partial charge on any atom is 0.261 e. The average molecular weight is 359 g/mol. The summed E-state index contributed by atoms with van der Waals surface area (Å²) in [6.07, 6.45) is -0.737. The third-order valence-corrected chi connectivity index (χ3v) is 3.93. The lowest BCUT2D eigenvalue weighted by Crippen LogP contribution is -2.35. The highest BCUT2D eigenvalue weighted by Crippen LogP contribution is 2.32. The van der Waals surface area contributed by atoms with Crippen LogP contribution in [0.2, 0.25) is 5.02 Å². The molecule has 0 unspecified atom stereocenters. The van der Waals surface area contributed by atoms with E-state index < -0.39 is 6.10 Å². The van der Waals surface area contributed by atoms with Crippen LogP contribution in [0.1, 0.15) is 18.1 Å². The van der Waals surface area contributed by atoms with Gasteiger partial charge in [-0.25, -0.2) is 0 Å². The Morgan fingerprint density at radius 2 is 2.12 bits per heavy atom. The summed E-state index contributed by atoms with van der Waals surface area (Å²) in [5.74, 6) is 1.44. The first-order valence-corrected chi connectivity index (χ1v) is 7.97. The van der Waals surface area contributed by atoms with Crippen LogP contribution >= 0.6 is 11.6 Å². The number of rotatable bonds is 5. The van der Waals surface area contributed by atoms with Gasteiger partial charge < -0.3 is 19.5 Å². The molecule has 0 bridgehead atoms.